The van der Waals surface area contributed by atoms with Crippen molar-refractivity contribution in [1.29, 1.82) is 0 Å². The Bertz CT molecular complexity index is 1780. The van der Waals surface area contributed by atoms with E-state index in [1.54, 1.807) is 0 Å². The molecule has 0 aromatic carbocycles. The lowest BCUT2D eigenvalue weighted by Crippen LogP contribution is -2.46. The highest BCUT2D eigenvalue weighted by molar-refractivity contribution is 4.81. The molecular formula is C96H201N9. The second-order valence-corrected chi connectivity index (χ2v) is 40.4. The van der Waals surface area contributed by atoms with Gasteiger partial charge in [0.15, 0.2) is 0 Å². The third kappa shape index (κ3) is 52.6. The van der Waals surface area contributed by atoms with Crippen molar-refractivity contribution in [1.82, 2.24) is 44.1 Å². The van der Waals surface area contributed by atoms with Gasteiger partial charge in [0.05, 0.1) is 0 Å². The minimum absolute atomic E-state index is 0.750. The van der Waals surface area contributed by atoms with Crippen molar-refractivity contribution in [3.63, 3.8) is 0 Å². The Kier molecular flexibility index (Phi) is 59.8. The van der Waals surface area contributed by atoms with Gasteiger partial charge in [0.1, 0.15) is 0 Å². The van der Waals surface area contributed by atoms with Crippen LogP contribution in [-0.4, -0.2) is 221 Å². The van der Waals surface area contributed by atoms with E-state index < -0.39 is 0 Å². The lowest BCUT2D eigenvalue weighted by molar-refractivity contribution is 0.123. The molecule has 0 saturated carbocycles. The van der Waals surface area contributed by atoms with Crippen molar-refractivity contribution in [2.45, 2.75) is 365 Å². The van der Waals surface area contributed by atoms with E-state index in [9.17, 15) is 0 Å². The molecule has 8 fully saturated rings. The van der Waals surface area contributed by atoms with Crippen LogP contribution >= 0.6 is 0 Å². The number of piperidine rings is 7. The smallest absolute Gasteiger partial charge is 0.0110 e. The van der Waals surface area contributed by atoms with E-state index in [1.807, 2.05) is 0 Å². The predicted molar refractivity (Wildman–Crippen MR) is 475 cm³/mol. The fourth-order valence-corrected chi connectivity index (χ4v) is 18.2. The molecule has 0 N–H and O–H groups in total. The van der Waals surface area contributed by atoms with Crippen LogP contribution in [0.15, 0.2) is 0 Å². The van der Waals surface area contributed by atoms with E-state index in [-0.39, 0.29) is 0 Å². The summed E-state index contributed by atoms with van der Waals surface area (Å²) in [6.07, 6.45) is 37.2. The first-order chi connectivity index (χ1) is 49.7. The molecule has 2 unspecified atom stereocenters. The van der Waals surface area contributed by atoms with E-state index >= 15 is 0 Å². The SMILES string of the molecule is CC(C)CC1CCN(C(C)C)CC1.CC(C)CC1CCN(C)CC1.CC(C)CCC1CCN(C(C)C)CC1.CC(C)CCC1CCN(C(C)C)CC1.CCC(CC1CCN(C)CC1)C(C)C.CCC(CN1CCN(C)CC1)C(C)C.CCN1CCC(CC(C)C)CC1.CCN1CCC(CCC(C)C)CC1. The molecular weight excluding hydrogens is 1280 g/mol. The Morgan fingerprint density at radius 3 is 0.714 bits per heavy atom. The van der Waals surface area contributed by atoms with Gasteiger partial charge in [0, 0.05) is 50.8 Å². The molecule has 8 rings (SSSR count). The standard InChI is InChI=1S/3C13H27N.C12H26N2.2C12H25N.C11H23N.C10H21N/c2*1-11(2)5-6-13-7-9-14(10-8-13)12(3)4;1-5-13(11(2)3)10-12-6-8-14(4)9-7-12;1-5-12(11(2)3)10-14-8-6-13(4)7-9-14;1-10(2)9-12-5-7-13(8-6-12)11(3)4;1-4-13-9-7-12(8-10-13)6-5-11(2)3;1-4-12-7-5-11(6-8-12)9-10(2)3;1-9(2)8-10-4-6-11(3)7-5-10/h3*11-13H,5-10H2,1-4H3;11-12H,5-10H2,1-4H3;10-12H,5-9H2,1-4H3;11-12H,4-10H2,1-3H3;10-11H,4-9H2,1-3H3;9-10H,4-8H2,1-3H3. The maximum Gasteiger partial charge on any atom is 0.0110 e. The molecule has 0 spiro atoms. The van der Waals surface area contributed by atoms with E-state index in [4.69, 9.17) is 0 Å². The first-order valence-corrected chi connectivity index (χ1v) is 47.1. The van der Waals surface area contributed by atoms with Gasteiger partial charge in [0.25, 0.3) is 0 Å². The number of piperazine rings is 1. The van der Waals surface area contributed by atoms with Crippen LogP contribution < -0.4 is 0 Å². The molecule has 0 bridgehead atoms. The van der Waals surface area contributed by atoms with Crippen molar-refractivity contribution in [2.24, 2.45) is 101 Å². The topological polar surface area (TPSA) is 29.2 Å². The summed E-state index contributed by atoms with van der Waals surface area (Å²) in [5, 5.41) is 0. The van der Waals surface area contributed by atoms with Gasteiger partial charge in [-0.1, -0.05) is 190 Å². The Labute approximate surface area is 664 Å². The van der Waals surface area contributed by atoms with Gasteiger partial charge >= 0.3 is 0 Å². The average molecular weight is 1480 g/mol. The van der Waals surface area contributed by atoms with Gasteiger partial charge < -0.3 is 44.1 Å². The van der Waals surface area contributed by atoms with Crippen molar-refractivity contribution in [3.8, 4) is 0 Å². The second kappa shape index (κ2) is 61.1. The average Bonchev–Trinajstić information content (AvgIpc) is 0.923. The molecule has 8 saturated heterocycles. The van der Waals surface area contributed by atoms with Gasteiger partial charge in [0.2, 0.25) is 0 Å². The molecule has 8 heterocycles. The monoisotopic (exact) mass is 1480 g/mol. The van der Waals surface area contributed by atoms with Crippen molar-refractivity contribution < 1.29 is 0 Å². The Morgan fingerprint density at radius 1 is 0.238 bits per heavy atom. The number of likely N-dealkylation sites (N-methyl/N-ethyl adjacent to an activating group) is 1. The van der Waals surface area contributed by atoms with E-state index in [1.165, 1.54) is 304 Å². The van der Waals surface area contributed by atoms with Crippen LogP contribution in [0.4, 0.5) is 0 Å². The molecule has 0 aliphatic carbocycles. The van der Waals surface area contributed by atoms with Gasteiger partial charge in [-0.05, 0) is 384 Å². The fraction of sp³-hybridized carbons (Fsp3) is 1.00. The van der Waals surface area contributed by atoms with E-state index in [2.05, 4.69) is 245 Å². The maximum absolute atomic E-state index is 2.63. The summed E-state index contributed by atoms with van der Waals surface area (Å²) in [5.74, 6) is 16.0. The normalized spacial score (nSPS) is 21.9. The zero-order chi connectivity index (χ0) is 79.0. The van der Waals surface area contributed by atoms with Crippen LogP contribution in [0.1, 0.15) is 347 Å². The minimum atomic E-state index is 0.750. The van der Waals surface area contributed by atoms with Crippen molar-refractivity contribution >= 4 is 0 Å². The lowest BCUT2D eigenvalue weighted by Gasteiger charge is -2.35. The fourth-order valence-electron chi connectivity index (χ4n) is 18.2. The summed E-state index contributed by atoms with van der Waals surface area (Å²) in [7, 11) is 6.69. The van der Waals surface area contributed by atoms with Crippen LogP contribution in [0, 0.1) is 101 Å². The number of likely N-dealkylation sites (tertiary alicyclic amines) is 7. The number of rotatable bonds is 28. The van der Waals surface area contributed by atoms with Crippen molar-refractivity contribution in [3.05, 3.63) is 0 Å². The van der Waals surface area contributed by atoms with E-state index in [0.717, 1.165) is 119 Å². The third-order valence-corrected chi connectivity index (χ3v) is 26.7. The Morgan fingerprint density at radius 2 is 0.476 bits per heavy atom. The lowest BCUT2D eigenvalue weighted by atomic mass is 9.81. The molecule has 105 heavy (non-hydrogen) atoms. The zero-order valence-corrected chi connectivity index (χ0v) is 77.8. The molecule has 0 aromatic rings. The summed E-state index contributed by atoms with van der Waals surface area (Å²) in [6, 6.07) is 2.25. The predicted octanol–water partition coefficient (Wildman–Crippen LogP) is 23.8. The largest absolute Gasteiger partial charge is 0.306 e. The summed E-state index contributed by atoms with van der Waals surface area (Å²) in [6.45, 7) is 88.0. The molecule has 9 nitrogen and oxygen atoms in total. The molecule has 630 valence electrons. The molecule has 0 amide bonds. The maximum atomic E-state index is 2.63. The van der Waals surface area contributed by atoms with Crippen LogP contribution in [0.5, 0.6) is 0 Å². The van der Waals surface area contributed by atoms with Crippen LogP contribution in [0.2, 0.25) is 0 Å². The first-order valence-electron chi connectivity index (χ1n) is 47.1. The van der Waals surface area contributed by atoms with Gasteiger partial charge in [-0.2, -0.15) is 0 Å². The summed E-state index contributed by atoms with van der Waals surface area (Å²) in [4.78, 5) is 22.9. The number of hydrogen-bond acceptors (Lipinski definition) is 9. The van der Waals surface area contributed by atoms with Crippen LogP contribution in [0.3, 0.4) is 0 Å². The van der Waals surface area contributed by atoms with Gasteiger partial charge in [-0.15, -0.1) is 0 Å². The van der Waals surface area contributed by atoms with E-state index in [0.29, 0.717) is 0 Å². The summed E-state index contributed by atoms with van der Waals surface area (Å²) >= 11 is 0. The minimum Gasteiger partial charge on any atom is -0.306 e. The van der Waals surface area contributed by atoms with Gasteiger partial charge in [-0.25, -0.2) is 0 Å². The highest BCUT2D eigenvalue weighted by Gasteiger charge is 2.27. The van der Waals surface area contributed by atoms with Gasteiger partial charge in [-0.3, -0.25) is 0 Å². The highest BCUT2D eigenvalue weighted by atomic mass is 15.2. The highest BCUT2D eigenvalue weighted by Crippen LogP contribution is 2.32. The number of hydrogen-bond donors (Lipinski definition) is 0. The second-order valence-electron chi connectivity index (χ2n) is 40.4. The molecule has 0 aromatic heterocycles. The molecule has 0 radical (unpaired) electrons. The number of nitrogens with zero attached hydrogens (tertiary/aromatic N) is 9. The molecule has 2 atom stereocenters. The molecule has 8 aliphatic rings. The first kappa shape index (κ1) is 103. The molecule has 8 aliphatic heterocycles. The third-order valence-electron chi connectivity index (χ3n) is 26.7. The Balaban J connectivity index is 0.000000601. The Hall–Kier alpha value is -0.360. The quantitative estimate of drug-likeness (QED) is 0.0760. The van der Waals surface area contributed by atoms with Crippen molar-refractivity contribution in [2.75, 3.05) is 159 Å². The van der Waals surface area contributed by atoms with Crippen LogP contribution in [-0.2, 0) is 0 Å². The van der Waals surface area contributed by atoms with Crippen LogP contribution in [0.25, 0.3) is 0 Å². The molecule has 9 heteroatoms. The zero-order valence-electron chi connectivity index (χ0n) is 77.8. The summed E-state index contributed by atoms with van der Waals surface area (Å²) < 4.78 is 0. The summed E-state index contributed by atoms with van der Waals surface area (Å²) in [5.41, 5.74) is 0.